The van der Waals surface area contributed by atoms with Crippen molar-refractivity contribution in [3.63, 3.8) is 0 Å². The van der Waals surface area contributed by atoms with E-state index in [9.17, 15) is 18.8 Å². The molecule has 198 valence electrons. The minimum absolute atomic E-state index is 0.0260. The summed E-state index contributed by atoms with van der Waals surface area (Å²) in [6.07, 6.45) is 2.62. The number of amides is 2. The molecule has 10 heteroatoms. The molecule has 1 atom stereocenters. The molecule has 0 fully saturated rings. The Balaban J connectivity index is 1.48. The molecular formula is C30H21FN4O5. The first-order chi connectivity index (χ1) is 19.4. The number of pyridine rings is 1. The first kappa shape index (κ1) is 24.9. The molecule has 3 heterocycles. The number of carbonyl (C=O) groups is 3. The molecule has 0 bridgehead atoms. The van der Waals surface area contributed by atoms with Crippen LogP contribution in [0.3, 0.4) is 0 Å². The number of halogens is 1. The highest BCUT2D eigenvalue weighted by atomic mass is 19.1. The fraction of sp³-hybridized carbons (Fsp3) is 0.100. The average molecular weight is 537 g/mol. The largest absolute Gasteiger partial charge is 0.482 e. The lowest BCUT2D eigenvalue weighted by atomic mass is 10.0. The van der Waals surface area contributed by atoms with E-state index in [4.69, 9.17) is 9.47 Å². The van der Waals surface area contributed by atoms with Crippen LogP contribution in [0.1, 0.15) is 49.7 Å². The van der Waals surface area contributed by atoms with Crippen molar-refractivity contribution in [2.24, 2.45) is 0 Å². The number of nitrogens with zero attached hydrogens (tertiary/aromatic N) is 4. The molecule has 1 unspecified atom stereocenters. The van der Waals surface area contributed by atoms with Crippen molar-refractivity contribution in [3.05, 3.63) is 113 Å². The van der Waals surface area contributed by atoms with Gasteiger partial charge in [0.2, 0.25) is 0 Å². The third kappa shape index (κ3) is 4.15. The monoisotopic (exact) mass is 536 g/mol. The van der Waals surface area contributed by atoms with E-state index >= 15 is 0 Å². The maximum Gasteiger partial charge on any atom is 0.337 e. The van der Waals surface area contributed by atoms with E-state index in [0.29, 0.717) is 27.7 Å². The molecule has 0 spiro atoms. The van der Waals surface area contributed by atoms with Gasteiger partial charge in [0.15, 0.2) is 11.6 Å². The first-order valence-corrected chi connectivity index (χ1v) is 12.3. The van der Waals surface area contributed by atoms with Crippen LogP contribution in [-0.2, 0) is 4.74 Å². The summed E-state index contributed by atoms with van der Waals surface area (Å²) < 4.78 is 27.0. The topological polar surface area (TPSA) is 104 Å². The van der Waals surface area contributed by atoms with Gasteiger partial charge < -0.3 is 9.47 Å². The van der Waals surface area contributed by atoms with Crippen LogP contribution in [0, 0.1) is 5.82 Å². The number of benzene rings is 3. The van der Waals surface area contributed by atoms with E-state index in [2.05, 4.69) is 10.1 Å². The molecule has 0 N–H and O–H groups in total. The Labute approximate surface area is 227 Å². The van der Waals surface area contributed by atoms with Crippen LogP contribution in [0.2, 0.25) is 0 Å². The van der Waals surface area contributed by atoms with Crippen LogP contribution in [0.15, 0.2) is 85.2 Å². The number of imide groups is 1. The SMILES string of the molecule is COC(=O)c1ccc(-n2cccn2)c(C(C)Oc2cc3cc(F)ccc3nc2N2C(=O)c3ccccc3C2=O)c1. The van der Waals surface area contributed by atoms with Crippen molar-refractivity contribution >= 4 is 34.5 Å². The lowest BCUT2D eigenvalue weighted by Crippen LogP contribution is -2.31. The van der Waals surface area contributed by atoms with Gasteiger partial charge in [-0.05, 0) is 67.6 Å². The summed E-state index contributed by atoms with van der Waals surface area (Å²) in [6, 6.07) is 18.8. The second-order valence-corrected chi connectivity index (χ2v) is 9.11. The fourth-order valence-electron chi connectivity index (χ4n) is 4.75. The minimum atomic E-state index is -0.745. The van der Waals surface area contributed by atoms with Crippen molar-refractivity contribution in [1.29, 1.82) is 0 Å². The number of esters is 1. The zero-order valence-corrected chi connectivity index (χ0v) is 21.4. The highest BCUT2D eigenvalue weighted by Gasteiger charge is 2.39. The summed E-state index contributed by atoms with van der Waals surface area (Å²) in [6.45, 7) is 1.74. The molecule has 6 rings (SSSR count). The van der Waals surface area contributed by atoms with Gasteiger partial charge >= 0.3 is 5.97 Å². The minimum Gasteiger partial charge on any atom is -0.482 e. The van der Waals surface area contributed by atoms with E-state index in [1.165, 1.54) is 25.3 Å². The Morgan fingerprint density at radius 2 is 1.70 bits per heavy atom. The lowest BCUT2D eigenvalue weighted by molar-refractivity contribution is 0.0600. The summed E-state index contributed by atoms with van der Waals surface area (Å²) in [7, 11) is 1.29. The smallest absolute Gasteiger partial charge is 0.337 e. The number of fused-ring (bicyclic) bond motifs is 2. The van der Waals surface area contributed by atoms with Crippen molar-refractivity contribution in [3.8, 4) is 11.4 Å². The molecule has 0 saturated heterocycles. The summed E-state index contributed by atoms with van der Waals surface area (Å²) >= 11 is 0. The maximum atomic E-state index is 14.1. The average Bonchev–Trinajstić information content (AvgIpc) is 3.59. The number of hydrogen-bond acceptors (Lipinski definition) is 7. The Kier molecular flexibility index (Phi) is 6.07. The molecule has 0 saturated carbocycles. The van der Waals surface area contributed by atoms with E-state index in [-0.39, 0.29) is 22.7 Å². The quantitative estimate of drug-likeness (QED) is 0.215. The number of carbonyl (C=O) groups excluding carboxylic acids is 3. The van der Waals surface area contributed by atoms with Gasteiger partial charge in [0.25, 0.3) is 11.8 Å². The second kappa shape index (κ2) is 9.73. The predicted octanol–water partition coefficient (Wildman–Crippen LogP) is 5.29. The van der Waals surface area contributed by atoms with Crippen LogP contribution in [0.4, 0.5) is 10.2 Å². The summed E-state index contributed by atoms with van der Waals surface area (Å²) in [5.41, 5.74) is 2.37. The third-order valence-electron chi connectivity index (χ3n) is 6.67. The van der Waals surface area contributed by atoms with Gasteiger partial charge in [0.1, 0.15) is 11.9 Å². The Morgan fingerprint density at radius 1 is 0.950 bits per heavy atom. The van der Waals surface area contributed by atoms with E-state index < -0.39 is 29.7 Å². The van der Waals surface area contributed by atoms with E-state index in [1.807, 2.05) is 0 Å². The standard InChI is InChI=1S/C30H21FN4O5/c1-17(23-15-18(30(38)39-2)8-11-25(23)34-13-5-12-32-34)40-26-16-19-14-20(31)9-10-24(19)33-27(26)35-28(36)21-6-3-4-7-22(21)29(35)37/h3-17H,1-2H3. The highest BCUT2D eigenvalue weighted by Crippen LogP contribution is 2.38. The molecule has 5 aromatic rings. The third-order valence-corrected chi connectivity index (χ3v) is 6.67. The van der Waals surface area contributed by atoms with Crippen molar-refractivity contribution < 1.29 is 28.2 Å². The van der Waals surface area contributed by atoms with Crippen molar-refractivity contribution in [1.82, 2.24) is 14.8 Å². The van der Waals surface area contributed by atoms with Gasteiger partial charge in [0.05, 0.1) is 35.0 Å². The highest BCUT2D eigenvalue weighted by molar-refractivity contribution is 6.34. The molecule has 0 radical (unpaired) electrons. The molecule has 40 heavy (non-hydrogen) atoms. The van der Waals surface area contributed by atoms with Crippen molar-refractivity contribution in [2.45, 2.75) is 13.0 Å². The van der Waals surface area contributed by atoms with Crippen LogP contribution >= 0.6 is 0 Å². The summed E-state index contributed by atoms with van der Waals surface area (Å²) in [5, 5.41) is 4.71. The number of anilines is 1. The molecule has 2 aromatic heterocycles. The van der Waals surface area contributed by atoms with E-state index in [0.717, 1.165) is 4.90 Å². The zero-order chi connectivity index (χ0) is 28.0. The molecule has 1 aliphatic heterocycles. The number of rotatable bonds is 6. The van der Waals surface area contributed by atoms with Gasteiger partial charge in [-0.2, -0.15) is 5.10 Å². The fourth-order valence-corrected chi connectivity index (χ4v) is 4.75. The summed E-state index contributed by atoms with van der Waals surface area (Å²) in [5.74, 6) is -2.05. The Morgan fingerprint density at radius 3 is 2.38 bits per heavy atom. The molecular weight excluding hydrogens is 515 g/mol. The summed E-state index contributed by atoms with van der Waals surface area (Å²) in [4.78, 5) is 44.6. The van der Waals surface area contributed by atoms with Crippen LogP contribution in [0.5, 0.6) is 5.75 Å². The first-order valence-electron chi connectivity index (χ1n) is 12.3. The van der Waals surface area contributed by atoms with Crippen LogP contribution in [-0.4, -0.2) is 39.7 Å². The molecule has 1 aliphatic rings. The normalized spacial score (nSPS) is 13.4. The zero-order valence-electron chi connectivity index (χ0n) is 21.4. The number of ether oxygens (including phenoxy) is 2. The van der Waals surface area contributed by atoms with Crippen LogP contribution in [0.25, 0.3) is 16.6 Å². The lowest BCUT2D eigenvalue weighted by Gasteiger charge is -2.23. The van der Waals surface area contributed by atoms with Gasteiger partial charge in [-0.1, -0.05) is 12.1 Å². The van der Waals surface area contributed by atoms with Crippen molar-refractivity contribution in [2.75, 3.05) is 12.0 Å². The number of aromatic nitrogens is 3. The van der Waals surface area contributed by atoms with Gasteiger partial charge in [-0.25, -0.2) is 23.8 Å². The van der Waals surface area contributed by atoms with Gasteiger partial charge in [-0.3, -0.25) is 9.59 Å². The van der Waals surface area contributed by atoms with Gasteiger partial charge in [0, 0.05) is 23.3 Å². The second-order valence-electron chi connectivity index (χ2n) is 9.11. The molecule has 0 aliphatic carbocycles. The number of methoxy groups -OCH3 is 1. The molecule has 2 amide bonds. The van der Waals surface area contributed by atoms with E-state index in [1.54, 1.807) is 78.6 Å². The number of hydrogen-bond donors (Lipinski definition) is 0. The van der Waals surface area contributed by atoms with Crippen LogP contribution < -0.4 is 9.64 Å². The maximum absolute atomic E-state index is 14.1. The van der Waals surface area contributed by atoms with Gasteiger partial charge in [-0.15, -0.1) is 0 Å². The molecule has 9 nitrogen and oxygen atoms in total. The Hall–Kier alpha value is -5.38. The Bertz CT molecular complexity index is 1780. The predicted molar refractivity (Wildman–Crippen MR) is 143 cm³/mol. The molecule has 3 aromatic carbocycles.